The van der Waals surface area contributed by atoms with Crippen LogP contribution in [0.3, 0.4) is 0 Å². The summed E-state index contributed by atoms with van der Waals surface area (Å²) < 4.78 is 10.1. The SMILES string of the molecule is CCC(CC)C(CNC(=NC)NCc1ccc(NC(=O)OC)cc1)N1CCOCC1.I. The Morgan fingerprint density at radius 2 is 1.81 bits per heavy atom. The predicted octanol–water partition coefficient (Wildman–Crippen LogP) is 3.28. The zero-order valence-electron chi connectivity index (χ0n) is 19.1. The molecule has 1 amide bonds. The number of morpholine rings is 1. The Morgan fingerprint density at radius 1 is 1.16 bits per heavy atom. The number of hydrogen-bond acceptors (Lipinski definition) is 5. The van der Waals surface area contributed by atoms with Crippen molar-refractivity contribution in [2.24, 2.45) is 10.9 Å². The average molecular weight is 547 g/mol. The number of hydrogen-bond donors (Lipinski definition) is 3. The van der Waals surface area contributed by atoms with Gasteiger partial charge in [0.15, 0.2) is 5.96 Å². The third kappa shape index (κ3) is 9.20. The van der Waals surface area contributed by atoms with E-state index in [0.29, 0.717) is 24.2 Å². The van der Waals surface area contributed by atoms with E-state index in [9.17, 15) is 4.79 Å². The summed E-state index contributed by atoms with van der Waals surface area (Å²) in [4.78, 5) is 18.2. The normalized spacial score (nSPS) is 15.7. The zero-order chi connectivity index (χ0) is 21.8. The van der Waals surface area contributed by atoms with E-state index in [1.807, 2.05) is 24.3 Å². The number of aliphatic imine (C=N–C) groups is 1. The monoisotopic (exact) mass is 547 g/mol. The molecule has 1 heterocycles. The van der Waals surface area contributed by atoms with Crippen LogP contribution in [0.2, 0.25) is 0 Å². The fourth-order valence-corrected chi connectivity index (χ4v) is 3.82. The van der Waals surface area contributed by atoms with Crippen LogP contribution in [-0.2, 0) is 16.0 Å². The van der Waals surface area contributed by atoms with Crippen LogP contribution in [0.25, 0.3) is 0 Å². The van der Waals surface area contributed by atoms with Gasteiger partial charge in [-0.1, -0.05) is 38.8 Å². The minimum atomic E-state index is -0.474. The molecular weight excluding hydrogens is 509 g/mol. The number of ether oxygens (including phenoxy) is 2. The number of carbonyl (C=O) groups excluding carboxylic acids is 1. The molecule has 1 saturated heterocycles. The molecule has 0 aliphatic carbocycles. The van der Waals surface area contributed by atoms with Gasteiger partial charge in [0.2, 0.25) is 0 Å². The Bertz CT molecular complexity index is 662. The van der Waals surface area contributed by atoms with Gasteiger partial charge in [-0.05, 0) is 23.6 Å². The lowest BCUT2D eigenvalue weighted by atomic mass is 9.92. The van der Waals surface area contributed by atoms with Crippen LogP contribution in [-0.4, -0.2) is 70.0 Å². The second kappa shape index (κ2) is 15.3. The van der Waals surface area contributed by atoms with E-state index < -0.39 is 6.09 Å². The van der Waals surface area contributed by atoms with E-state index in [-0.39, 0.29) is 24.0 Å². The number of halogens is 1. The van der Waals surface area contributed by atoms with E-state index in [1.54, 1.807) is 7.05 Å². The Kier molecular flexibility index (Phi) is 13.5. The molecule has 9 heteroatoms. The Labute approximate surface area is 203 Å². The molecule has 1 aliphatic heterocycles. The predicted molar refractivity (Wildman–Crippen MR) is 136 cm³/mol. The standard InChI is InChI=1S/C22H37N5O3.HI/c1-5-18(6-2)20(27-11-13-30-14-12-27)16-25-21(23-3)24-15-17-7-9-19(10-8-17)26-22(28)29-4;/h7-10,18,20H,5-6,11-16H2,1-4H3,(H,26,28)(H2,23,24,25);1H. The largest absolute Gasteiger partial charge is 0.453 e. The van der Waals surface area contributed by atoms with Gasteiger partial charge in [-0.3, -0.25) is 15.2 Å². The molecule has 176 valence electrons. The summed E-state index contributed by atoms with van der Waals surface area (Å²) in [6.45, 7) is 9.64. The highest BCUT2D eigenvalue weighted by Gasteiger charge is 2.26. The molecule has 1 aromatic rings. The number of nitrogens with zero attached hydrogens (tertiary/aromatic N) is 2. The van der Waals surface area contributed by atoms with Crippen molar-refractivity contribution in [1.29, 1.82) is 0 Å². The lowest BCUT2D eigenvalue weighted by Crippen LogP contribution is -2.53. The van der Waals surface area contributed by atoms with Crippen LogP contribution in [0.4, 0.5) is 10.5 Å². The summed E-state index contributed by atoms with van der Waals surface area (Å²) in [6, 6.07) is 8.10. The molecule has 1 fully saturated rings. The Hall–Kier alpha value is -1.59. The molecule has 1 atom stereocenters. The molecule has 0 radical (unpaired) electrons. The molecule has 1 aliphatic rings. The number of benzene rings is 1. The first kappa shape index (κ1) is 27.4. The fourth-order valence-electron chi connectivity index (χ4n) is 3.82. The van der Waals surface area contributed by atoms with Crippen LogP contribution >= 0.6 is 24.0 Å². The first-order valence-electron chi connectivity index (χ1n) is 10.8. The molecule has 3 N–H and O–H groups in total. The third-order valence-corrected chi connectivity index (χ3v) is 5.66. The van der Waals surface area contributed by atoms with E-state index in [0.717, 1.165) is 57.2 Å². The van der Waals surface area contributed by atoms with E-state index >= 15 is 0 Å². The Morgan fingerprint density at radius 3 is 2.35 bits per heavy atom. The molecule has 0 spiro atoms. The number of rotatable bonds is 9. The molecule has 2 rings (SSSR count). The van der Waals surface area contributed by atoms with Gasteiger partial charge in [-0.15, -0.1) is 24.0 Å². The van der Waals surface area contributed by atoms with Crippen molar-refractivity contribution in [3.63, 3.8) is 0 Å². The maximum absolute atomic E-state index is 11.3. The van der Waals surface area contributed by atoms with Crippen molar-refractivity contribution >= 4 is 41.7 Å². The van der Waals surface area contributed by atoms with Gasteiger partial charge < -0.3 is 20.1 Å². The molecule has 1 unspecified atom stereocenters. The highest BCUT2D eigenvalue weighted by molar-refractivity contribution is 14.0. The summed E-state index contributed by atoms with van der Waals surface area (Å²) in [7, 11) is 3.14. The number of carbonyl (C=O) groups is 1. The number of anilines is 1. The average Bonchev–Trinajstić information content (AvgIpc) is 2.80. The molecule has 8 nitrogen and oxygen atoms in total. The molecule has 0 aromatic heterocycles. The van der Waals surface area contributed by atoms with E-state index in [1.165, 1.54) is 7.11 Å². The first-order chi connectivity index (χ1) is 14.6. The van der Waals surface area contributed by atoms with Crippen LogP contribution in [0.15, 0.2) is 29.3 Å². The highest BCUT2D eigenvalue weighted by Crippen LogP contribution is 2.19. The van der Waals surface area contributed by atoms with Gasteiger partial charge in [0.1, 0.15) is 0 Å². The topological polar surface area (TPSA) is 87.2 Å². The molecule has 1 aromatic carbocycles. The van der Waals surface area contributed by atoms with Crippen LogP contribution in [0.1, 0.15) is 32.3 Å². The van der Waals surface area contributed by atoms with Crippen LogP contribution < -0.4 is 16.0 Å². The van der Waals surface area contributed by atoms with E-state index in [2.05, 4.69) is 44.4 Å². The highest BCUT2D eigenvalue weighted by atomic mass is 127. The number of nitrogens with one attached hydrogen (secondary N) is 3. The zero-order valence-corrected chi connectivity index (χ0v) is 21.5. The quantitative estimate of drug-likeness (QED) is 0.250. The minimum absolute atomic E-state index is 0. The van der Waals surface area contributed by atoms with Crippen molar-refractivity contribution in [2.45, 2.75) is 39.3 Å². The van der Waals surface area contributed by atoms with Gasteiger partial charge in [0.25, 0.3) is 0 Å². The minimum Gasteiger partial charge on any atom is -0.453 e. The van der Waals surface area contributed by atoms with Crippen LogP contribution in [0, 0.1) is 5.92 Å². The summed E-state index contributed by atoms with van der Waals surface area (Å²) in [6.07, 6.45) is 1.86. The molecular formula is C22H38IN5O3. The van der Waals surface area contributed by atoms with Gasteiger partial charge in [0.05, 0.1) is 20.3 Å². The van der Waals surface area contributed by atoms with E-state index in [4.69, 9.17) is 4.74 Å². The lowest BCUT2D eigenvalue weighted by Gasteiger charge is -2.39. The second-order valence-corrected chi connectivity index (χ2v) is 7.41. The lowest BCUT2D eigenvalue weighted by molar-refractivity contribution is 0.00272. The first-order valence-corrected chi connectivity index (χ1v) is 10.8. The summed E-state index contributed by atoms with van der Waals surface area (Å²) in [5.41, 5.74) is 1.80. The maximum atomic E-state index is 11.3. The van der Waals surface area contributed by atoms with Crippen molar-refractivity contribution < 1.29 is 14.3 Å². The van der Waals surface area contributed by atoms with Gasteiger partial charge in [-0.2, -0.15) is 0 Å². The number of methoxy groups -OCH3 is 1. The Balaban J connectivity index is 0.00000480. The molecule has 0 bridgehead atoms. The van der Waals surface area contributed by atoms with Crippen molar-refractivity contribution in [2.75, 3.05) is 52.3 Å². The molecule has 0 saturated carbocycles. The van der Waals surface area contributed by atoms with Crippen molar-refractivity contribution in [1.82, 2.24) is 15.5 Å². The third-order valence-electron chi connectivity index (χ3n) is 5.66. The summed E-state index contributed by atoms with van der Waals surface area (Å²) in [5.74, 6) is 1.43. The van der Waals surface area contributed by atoms with Crippen LogP contribution in [0.5, 0.6) is 0 Å². The van der Waals surface area contributed by atoms with Gasteiger partial charge >= 0.3 is 6.09 Å². The number of guanidine groups is 1. The van der Waals surface area contributed by atoms with Gasteiger partial charge in [0, 0.05) is 45.0 Å². The molecule has 31 heavy (non-hydrogen) atoms. The second-order valence-electron chi connectivity index (χ2n) is 7.41. The number of amides is 1. The summed E-state index contributed by atoms with van der Waals surface area (Å²) >= 11 is 0. The van der Waals surface area contributed by atoms with Gasteiger partial charge in [-0.25, -0.2) is 4.79 Å². The summed E-state index contributed by atoms with van der Waals surface area (Å²) in [5, 5.41) is 9.54. The van der Waals surface area contributed by atoms with Crippen molar-refractivity contribution in [3.05, 3.63) is 29.8 Å². The fraction of sp³-hybridized carbons (Fsp3) is 0.636. The maximum Gasteiger partial charge on any atom is 0.411 e. The smallest absolute Gasteiger partial charge is 0.411 e. The van der Waals surface area contributed by atoms with Crippen molar-refractivity contribution in [3.8, 4) is 0 Å².